The van der Waals surface area contributed by atoms with Gasteiger partial charge in [-0.05, 0) is 96.3 Å². The van der Waals surface area contributed by atoms with Gasteiger partial charge in [-0.1, -0.05) is 175 Å². The second-order valence-corrected chi connectivity index (χ2v) is 16.9. The van der Waals surface area contributed by atoms with E-state index in [0.717, 1.165) is 103 Å². The van der Waals surface area contributed by atoms with E-state index in [9.17, 15) is 25.2 Å². The Balaban J connectivity index is 2.26. The SMILES string of the molecule is CC/C=C\C/C=C\C/C=C\C/C=C\C/C=C\C/C=C\CCCCCCC(=O)OC(COCCCCCCCCCC/C=C\C/C=C\CCCCC)COC1OC(CO)C(O)C(O)C1O. The molecular formula is C55H92O9. The van der Waals surface area contributed by atoms with Gasteiger partial charge in [0.1, 0.15) is 30.5 Å². The molecule has 4 N–H and O–H groups in total. The molecule has 0 spiro atoms. The van der Waals surface area contributed by atoms with Gasteiger partial charge >= 0.3 is 5.97 Å². The zero-order valence-electron chi connectivity index (χ0n) is 40.2. The van der Waals surface area contributed by atoms with Crippen molar-refractivity contribution in [1.82, 2.24) is 0 Å². The van der Waals surface area contributed by atoms with Crippen molar-refractivity contribution in [3.8, 4) is 0 Å². The van der Waals surface area contributed by atoms with E-state index in [1.54, 1.807) is 0 Å². The highest BCUT2D eigenvalue weighted by Gasteiger charge is 2.44. The Bertz CT molecular complexity index is 1300. The molecule has 0 aromatic carbocycles. The highest BCUT2D eigenvalue weighted by Crippen LogP contribution is 2.22. The number of carbonyl (C=O) groups is 1. The maximum atomic E-state index is 12.8. The summed E-state index contributed by atoms with van der Waals surface area (Å²) in [5, 5.41) is 40.2. The average molecular weight is 897 g/mol. The normalized spacial score (nSPS) is 20.4. The standard InChI is InChI=1S/C55H92O9/c1-3-5-7-9-11-13-15-17-19-21-23-24-25-26-27-28-30-32-34-36-38-40-42-44-51(57)63-49(48-62-55-54(60)53(59)52(58)50(46-56)64-55)47-61-45-43-41-39-37-35-33-31-29-22-20-18-16-14-12-10-8-6-4-2/h5,7,11-14,17-20,23-24,26-27,30,32,49-50,52-56,58-60H,3-4,6,8-10,15-16,21-22,25,28-29,31,33-48H2,1-2H3/b7-5-,13-11-,14-12-,19-17-,20-18-,24-23-,27-26-,32-30-. The van der Waals surface area contributed by atoms with Crippen molar-refractivity contribution in [2.24, 2.45) is 0 Å². The van der Waals surface area contributed by atoms with Crippen LogP contribution in [0.25, 0.3) is 0 Å². The van der Waals surface area contributed by atoms with Crippen molar-refractivity contribution in [3.63, 3.8) is 0 Å². The van der Waals surface area contributed by atoms with Gasteiger partial charge in [-0.2, -0.15) is 0 Å². The summed E-state index contributed by atoms with van der Waals surface area (Å²) in [7, 11) is 0. The molecule has 1 fully saturated rings. The lowest BCUT2D eigenvalue weighted by molar-refractivity contribution is -0.305. The zero-order chi connectivity index (χ0) is 46.4. The molecule has 0 amide bonds. The molecule has 1 heterocycles. The average Bonchev–Trinajstić information content (AvgIpc) is 3.30. The molecule has 64 heavy (non-hydrogen) atoms. The summed E-state index contributed by atoms with van der Waals surface area (Å²) in [6.07, 6.45) is 55.7. The van der Waals surface area contributed by atoms with E-state index in [2.05, 4.69) is 111 Å². The lowest BCUT2D eigenvalue weighted by Gasteiger charge is -2.39. The zero-order valence-corrected chi connectivity index (χ0v) is 40.2. The summed E-state index contributed by atoms with van der Waals surface area (Å²) < 4.78 is 22.9. The van der Waals surface area contributed by atoms with Crippen molar-refractivity contribution in [1.29, 1.82) is 0 Å². The van der Waals surface area contributed by atoms with Gasteiger partial charge < -0.3 is 39.4 Å². The summed E-state index contributed by atoms with van der Waals surface area (Å²) in [5.41, 5.74) is 0. The van der Waals surface area contributed by atoms with Crippen molar-refractivity contribution in [2.45, 2.75) is 218 Å². The predicted octanol–water partition coefficient (Wildman–Crippen LogP) is 12.4. The highest BCUT2D eigenvalue weighted by molar-refractivity contribution is 5.69. The van der Waals surface area contributed by atoms with Gasteiger partial charge in [0.2, 0.25) is 0 Å². The van der Waals surface area contributed by atoms with Crippen LogP contribution in [0, 0.1) is 0 Å². The molecule has 1 rings (SSSR count). The number of ether oxygens (including phenoxy) is 4. The smallest absolute Gasteiger partial charge is 0.306 e. The van der Waals surface area contributed by atoms with Crippen molar-refractivity contribution in [2.75, 3.05) is 26.4 Å². The van der Waals surface area contributed by atoms with E-state index >= 15 is 0 Å². The van der Waals surface area contributed by atoms with Crippen molar-refractivity contribution < 1.29 is 44.2 Å². The van der Waals surface area contributed by atoms with Gasteiger partial charge in [-0.15, -0.1) is 0 Å². The maximum absolute atomic E-state index is 12.8. The second kappa shape index (κ2) is 45.3. The van der Waals surface area contributed by atoms with E-state index in [4.69, 9.17) is 18.9 Å². The second-order valence-electron chi connectivity index (χ2n) is 16.9. The third-order valence-electron chi connectivity index (χ3n) is 11.0. The number of hydrogen-bond acceptors (Lipinski definition) is 9. The number of carbonyl (C=O) groups excluding carboxylic acids is 1. The van der Waals surface area contributed by atoms with Gasteiger partial charge in [0.05, 0.1) is 19.8 Å². The first kappa shape index (κ1) is 59.1. The van der Waals surface area contributed by atoms with E-state index < -0.39 is 43.4 Å². The van der Waals surface area contributed by atoms with Crippen LogP contribution < -0.4 is 0 Å². The number of esters is 1. The van der Waals surface area contributed by atoms with Gasteiger partial charge in [0.15, 0.2) is 6.29 Å². The van der Waals surface area contributed by atoms with Crippen LogP contribution in [0.1, 0.15) is 181 Å². The van der Waals surface area contributed by atoms with Gasteiger partial charge in [-0.25, -0.2) is 0 Å². The molecule has 0 aromatic heterocycles. The number of aliphatic hydroxyl groups excluding tert-OH is 4. The monoisotopic (exact) mass is 897 g/mol. The summed E-state index contributed by atoms with van der Waals surface area (Å²) in [5.74, 6) is -0.343. The molecule has 6 atom stereocenters. The molecule has 1 aliphatic rings. The van der Waals surface area contributed by atoms with Crippen LogP contribution in [0.15, 0.2) is 97.2 Å². The predicted molar refractivity (Wildman–Crippen MR) is 265 cm³/mol. The topological polar surface area (TPSA) is 135 Å². The van der Waals surface area contributed by atoms with Gasteiger partial charge in [0.25, 0.3) is 0 Å². The summed E-state index contributed by atoms with van der Waals surface area (Å²) in [6, 6.07) is 0. The van der Waals surface area contributed by atoms with Gasteiger partial charge in [0, 0.05) is 13.0 Å². The van der Waals surface area contributed by atoms with Crippen molar-refractivity contribution >= 4 is 5.97 Å². The number of hydrogen-bond donors (Lipinski definition) is 4. The summed E-state index contributed by atoms with van der Waals surface area (Å²) >= 11 is 0. The molecular weight excluding hydrogens is 805 g/mol. The molecule has 0 saturated carbocycles. The minimum absolute atomic E-state index is 0.124. The number of rotatable bonds is 42. The van der Waals surface area contributed by atoms with Crippen LogP contribution in [-0.2, 0) is 23.7 Å². The molecule has 9 nitrogen and oxygen atoms in total. The maximum Gasteiger partial charge on any atom is 0.306 e. The summed E-state index contributed by atoms with van der Waals surface area (Å²) in [6.45, 7) is 4.36. The molecule has 0 bridgehead atoms. The van der Waals surface area contributed by atoms with E-state index in [1.165, 1.54) is 57.8 Å². The van der Waals surface area contributed by atoms with Gasteiger partial charge in [-0.3, -0.25) is 4.79 Å². The Morgan fingerprint density at radius 2 is 0.953 bits per heavy atom. The fourth-order valence-corrected chi connectivity index (χ4v) is 7.05. The van der Waals surface area contributed by atoms with E-state index in [1.807, 2.05) is 0 Å². The molecule has 9 heteroatoms. The molecule has 0 aromatic rings. The summed E-state index contributed by atoms with van der Waals surface area (Å²) in [4.78, 5) is 12.8. The molecule has 0 aliphatic carbocycles. The molecule has 6 unspecified atom stereocenters. The first-order valence-corrected chi connectivity index (χ1v) is 25.3. The van der Waals surface area contributed by atoms with Crippen LogP contribution in [0.4, 0.5) is 0 Å². The van der Waals surface area contributed by atoms with E-state index in [-0.39, 0.29) is 25.6 Å². The minimum Gasteiger partial charge on any atom is -0.457 e. The molecule has 1 saturated heterocycles. The number of aliphatic hydroxyl groups is 4. The Morgan fingerprint density at radius 3 is 1.44 bits per heavy atom. The molecule has 0 radical (unpaired) electrons. The third kappa shape index (κ3) is 35.4. The Kier molecular flexibility index (Phi) is 41.8. The Hall–Kier alpha value is -2.89. The highest BCUT2D eigenvalue weighted by atomic mass is 16.7. The van der Waals surface area contributed by atoms with E-state index in [0.29, 0.717) is 6.61 Å². The number of unbranched alkanes of at least 4 members (excludes halogenated alkanes) is 15. The Morgan fingerprint density at radius 1 is 0.516 bits per heavy atom. The van der Waals surface area contributed by atoms with Crippen LogP contribution in [0.5, 0.6) is 0 Å². The first-order chi connectivity index (χ1) is 31.4. The quantitative estimate of drug-likeness (QED) is 0.0268. The lowest BCUT2D eigenvalue weighted by atomic mass is 9.99. The molecule has 1 aliphatic heterocycles. The third-order valence-corrected chi connectivity index (χ3v) is 11.0. The Labute approximate surface area is 390 Å². The fourth-order valence-electron chi connectivity index (χ4n) is 7.05. The van der Waals surface area contributed by atoms with Crippen LogP contribution in [0.3, 0.4) is 0 Å². The largest absolute Gasteiger partial charge is 0.457 e. The lowest BCUT2D eigenvalue weighted by Crippen LogP contribution is -2.59. The van der Waals surface area contributed by atoms with Crippen LogP contribution in [-0.4, -0.2) is 89.6 Å². The van der Waals surface area contributed by atoms with Crippen molar-refractivity contribution in [3.05, 3.63) is 97.2 Å². The fraction of sp³-hybridized carbons (Fsp3) is 0.691. The molecule has 366 valence electrons. The minimum atomic E-state index is -1.55. The van der Waals surface area contributed by atoms with Crippen LogP contribution >= 0.6 is 0 Å². The number of allylic oxidation sites excluding steroid dienone is 16. The first-order valence-electron chi connectivity index (χ1n) is 25.3. The van der Waals surface area contributed by atoms with Crippen LogP contribution in [0.2, 0.25) is 0 Å².